The average molecular weight is 369 g/mol. The highest BCUT2D eigenvalue weighted by Crippen LogP contribution is 2.34. The lowest BCUT2D eigenvalue weighted by atomic mass is 9.96. The Morgan fingerprint density at radius 2 is 1.76 bits per heavy atom. The van der Waals surface area contributed by atoms with Crippen LogP contribution in [0.3, 0.4) is 0 Å². The summed E-state index contributed by atoms with van der Waals surface area (Å²) in [7, 11) is -3.66. The number of amides is 1. The van der Waals surface area contributed by atoms with Gasteiger partial charge in [0.25, 0.3) is 10.2 Å². The molecule has 3 N–H and O–H groups in total. The second kappa shape index (κ2) is 7.39. The van der Waals surface area contributed by atoms with Crippen molar-refractivity contribution in [1.82, 2.24) is 9.62 Å². The van der Waals surface area contributed by atoms with E-state index in [4.69, 9.17) is 5.14 Å². The van der Waals surface area contributed by atoms with Crippen molar-refractivity contribution < 1.29 is 17.6 Å². The monoisotopic (exact) mass is 369 g/mol. The summed E-state index contributed by atoms with van der Waals surface area (Å²) in [6, 6.07) is 6.69. The summed E-state index contributed by atoms with van der Waals surface area (Å²) >= 11 is 0. The van der Waals surface area contributed by atoms with E-state index in [2.05, 4.69) is 5.32 Å². The highest BCUT2D eigenvalue weighted by molar-refractivity contribution is 7.86. The largest absolute Gasteiger partial charge is 0.353 e. The van der Waals surface area contributed by atoms with E-state index in [9.17, 15) is 17.6 Å². The first-order valence-corrected chi connectivity index (χ1v) is 10.2. The summed E-state index contributed by atoms with van der Waals surface area (Å²) in [5, 5.41) is 8.22. The summed E-state index contributed by atoms with van der Waals surface area (Å²) in [6.07, 6.45) is 3.73. The van der Waals surface area contributed by atoms with E-state index in [0.29, 0.717) is 31.8 Å². The maximum Gasteiger partial charge on any atom is 0.276 e. The molecule has 2 aliphatic rings. The Kier molecular flexibility index (Phi) is 5.41. The third-order valence-electron chi connectivity index (χ3n) is 5.31. The second-order valence-corrected chi connectivity index (χ2v) is 8.53. The predicted octanol–water partition coefficient (Wildman–Crippen LogP) is 1.49. The molecule has 0 unspecified atom stereocenters. The van der Waals surface area contributed by atoms with Crippen LogP contribution in [0.2, 0.25) is 0 Å². The maximum atomic E-state index is 13.0. The van der Waals surface area contributed by atoms with E-state index in [1.165, 1.54) is 16.4 Å². The summed E-state index contributed by atoms with van der Waals surface area (Å²) in [6.45, 7) is 0.583. The molecule has 1 amide bonds. The van der Waals surface area contributed by atoms with E-state index in [1.54, 1.807) is 0 Å². The van der Waals surface area contributed by atoms with E-state index in [-0.39, 0.29) is 23.7 Å². The maximum absolute atomic E-state index is 13.0. The number of piperidine rings is 1. The number of nitrogens with one attached hydrogen (secondary N) is 1. The molecule has 0 aromatic heterocycles. The van der Waals surface area contributed by atoms with Crippen molar-refractivity contribution in [2.24, 2.45) is 11.1 Å². The summed E-state index contributed by atoms with van der Waals surface area (Å²) in [5.41, 5.74) is 1.11. The van der Waals surface area contributed by atoms with Crippen LogP contribution >= 0.6 is 0 Å². The van der Waals surface area contributed by atoms with Crippen LogP contribution in [0.4, 0.5) is 4.39 Å². The second-order valence-electron chi connectivity index (χ2n) is 6.99. The van der Waals surface area contributed by atoms with Crippen molar-refractivity contribution in [3.05, 3.63) is 35.6 Å². The Balaban J connectivity index is 1.49. The number of rotatable bonds is 4. The lowest BCUT2D eigenvalue weighted by Gasteiger charge is -2.29. The normalized spacial score (nSPS) is 25.8. The Morgan fingerprint density at radius 1 is 1.12 bits per heavy atom. The first-order chi connectivity index (χ1) is 11.8. The fraction of sp³-hybridized carbons (Fsp3) is 0.588. The van der Waals surface area contributed by atoms with Crippen molar-refractivity contribution in [1.29, 1.82) is 0 Å². The molecular weight excluding hydrogens is 345 g/mol. The van der Waals surface area contributed by atoms with Crippen LogP contribution in [-0.4, -0.2) is 37.8 Å². The third-order valence-corrected chi connectivity index (χ3v) is 6.39. The van der Waals surface area contributed by atoms with Gasteiger partial charge in [-0.1, -0.05) is 12.1 Å². The molecule has 1 saturated carbocycles. The number of halogens is 1. The van der Waals surface area contributed by atoms with Crippen molar-refractivity contribution in [3.8, 4) is 0 Å². The van der Waals surface area contributed by atoms with E-state index >= 15 is 0 Å². The molecule has 6 nitrogen and oxygen atoms in total. The highest BCUT2D eigenvalue weighted by atomic mass is 32.2. The fourth-order valence-corrected chi connectivity index (χ4v) is 4.56. The first-order valence-electron chi connectivity index (χ1n) is 8.66. The van der Waals surface area contributed by atoms with Crippen LogP contribution in [0.25, 0.3) is 0 Å². The molecule has 1 aliphatic carbocycles. The molecule has 3 rings (SSSR count). The number of hydrogen-bond acceptors (Lipinski definition) is 3. The minimum Gasteiger partial charge on any atom is -0.353 e. The molecule has 8 heteroatoms. The zero-order valence-electron chi connectivity index (χ0n) is 14.0. The SMILES string of the molecule is NS(=O)(=O)N1CCC(C(=O)N[C@@H]2CC[C@H](c3ccc(F)cc3)C2)CC1. The molecule has 1 aromatic rings. The van der Waals surface area contributed by atoms with Gasteiger partial charge >= 0.3 is 0 Å². The van der Waals surface area contributed by atoms with Crippen molar-refractivity contribution in [3.63, 3.8) is 0 Å². The number of nitrogens with two attached hydrogens (primary N) is 1. The smallest absolute Gasteiger partial charge is 0.276 e. The van der Waals surface area contributed by atoms with Crippen LogP contribution in [-0.2, 0) is 15.0 Å². The zero-order chi connectivity index (χ0) is 18.0. The van der Waals surface area contributed by atoms with Crippen LogP contribution in [0.5, 0.6) is 0 Å². The molecular formula is C17H24FN3O3S. The van der Waals surface area contributed by atoms with Gasteiger partial charge in [-0.05, 0) is 55.7 Å². The van der Waals surface area contributed by atoms with Gasteiger partial charge in [-0.2, -0.15) is 12.7 Å². The van der Waals surface area contributed by atoms with Gasteiger partial charge in [-0.3, -0.25) is 4.79 Å². The molecule has 0 spiro atoms. The van der Waals surface area contributed by atoms with Gasteiger partial charge in [-0.25, -0.2) is 9.53 Å². The van der Waals surface area contributed by atoms with Gasteiger partial charge < -0.3 is 5.32 Å². The van der Waals surface area contributed by atoms with Gasteiger partial charge in [0.15, 0.2) is 0 Å². The number of benzene rings is 1. The van der Waals surface area contributed by atoms with E-state index in [0.717, 1.165) is 24.8 Å². The molecule has 1 aliphatic heterocycles. The Bertz CT molecular complexity index is 715. The predicted molar refractivity (Wildman–Crippen MR) is 92.3 cm³/mol. The number of hydrogen-bond donors (Lipinski definition) is 2. The van der Waals surface area contributed by atoms with Crippen LogP contribution < -0.4 is 10.5 Å². The molecule has 0 radical (unpaired) electrons. The van der Waals surface area contributed by atoms with E-state index in [1.807, 2.05) is 12.1 Å². The van der Waals surface area contributed by atoms with E-state index < -0.39 is 10.2 Å². The lowest BCUT2D eigenvalue weighted by molar-refractivity contribution is -0.126. The Hall–Kier alpha value is -1.51. The molecule has 0 bridgehead atoms. The highest BCUT2D eigenvalue weighted by Gasteiger charge is 2.32. The summed E-state index contributed by atoms with van der Waals surface area (Å²) in [5.74, 6) is -0.0609. The Labute approximate surface area is 147 Å². The molecule has 1 aromatic carbocycles. The first kappa shape index (κ1) is 18.3. The van der Waals surface area contributed by atoms with Crippen LogP contribution in [0, 0.1) is 11.7 Å². The summed E-state index contributed by atoms with van der Waals surface area (Å²) < 4.78 is 36.9. The van der Waals surface area contributed by atoms with Crippen LogP contribution in [0.15, 0.2) is 24.3 Å². The van der Waals surface area contributed by atoms with Crippen molar-refractivity contribution >= 4 is 16.1 Å². The van der Waals surface area contributed by atoms with Gasteiger partial charge in [0.2, 0.25) is 5.91 Å². The fourth-order valence-electron chi connectivity index (χ4n) is 3.84. The molecule has 2 fully saturated rings. The van der Waals surface area contributed by atoms with Gasteiger partial charge in [0.05, 0.1) is 0 Å². The topological polar surface area (TPSA) is 92.5 Å². The van der Waals surface area contributed by atoms with Crippen molar-refractivity contribution in [2.45, 2.75) is 44.1 Å². The minimum atomic E-state index is -3.66. The third kappa shape index (κ3) is 4.56. The zero-order valence-corrected chi connectivity index (χ0v) is 14.8. The number of nitrogens with zero attached hydrogens (tertiary/aromatic N) is 1. The Morgan fingerprint density at radius 3 is 2.36 bits per heavy atom. The number of carbonyl (C=O) groups is 1. The quantitative estimate of drug-likeness (QED) is 0.842. The lowest BCUT2D eigenvalue weighted by Crippen LogP contribution is -2.46. The number of carbonyl (C=O) groups excluding carboxylic acids is 1. The minimum absolute atomic E-state index is 0.00109. The van der Waals surface area contributed by atoms with Crippen molar-refractivity contribution in [2.75, 3.05) is 13.1 Å². The van der Waals surface area contributed by atoms with Gasteiger partial charge in [0.1, 0.15) is 5.82 Å². The molecule has 138 valence electrons. The molecule has 25 heavy (non-hydrogen) atoms. The summed E-state index contributed by atoms with van der Waals surface area (Å²) in [4.78, 5) is 12.4. The van der Waals surface area contributed by atoms with Gasteiger partial charge in [-0.15, -0.1) is 0 Å². The van der Waals surface area contributed by atoms with Crippen LogP contribution in [0.1, 0.15) is 43.6 Å². The van der Waals surface area contributed by atoms with Gasteiger partial charge in [0, 0.05) is 25.0 Å². The molecule has 1 heterocycles. The average Bonchev–Trinajstić information content (AvgIpc) is 3.03. The molecule has 2 atom stereocenters. The standard InChI is InChI=1S/C17H24FN3O3S/c18-15-4-1-12(2-5-15)14-3-6-16(11-14)20-17(22)13-7-9-21(10-8-13)25(19,23)24/h1-2,4-5,13-14,16H,3,6-11H2,(H,20,22)(H2,19,23,24)/t14-,16+/m0/s1. The molecule has 1 saturated heterocycles.